The monoisotopic (exact) mass is 407 g/mol. The zero-order chi connectivity index (χ0) is 21.5. The Morgan fingerprint density at radius 2 is 1.81 bits per heavy atom. The van der Waals surface area contributed by atoms with Crippen LogP contribution in [0.25, 0.3) is 33.2 Å². The number of aromatic nitrogens is 4. The van der Waals surface area contributed by atoms with E-state index in [1.165, 1.54) is 0 Å². The van der Waals surface area contributed by atoms with Crippen LogP contribution in [0.1, 0.15) is 21.6 Å². The molecular formula is C25H21N5O. The van der Waals surface area contributed by atoms with Gasteiger partial charge >= 0.3 is 0 Å². The largest absolute Gasteiger partial charge is 0.321 e. The van der Waals surface area contributed by atoms with Crippen molar-refractivity contribution in [3.63, 3.8) is 0 Å². The fourth-order valence-electron chi connectivity index (χ4n) is 3.99. The third kappa shape index (κ3) is 3.22. The number of nitrogens with one attached hydrogen (secondary N) is 1. The van der Waals surface area contributed by atoms with Crippen LogP contribution in [0.5, 0.6) is 0 Å². The molecule has 0 spiro atoms. The van der Waals surface area contributed by atoms with Crippen LogP contribution >= 0.6 is 0 Å². The van der Waals surface area contributed by atoms with Gasteiger partial charge in [0, 0.05) is 24.2 Å². The van der Waals surface area contributed by atoms with Gasteiger partial charge in [0.05, 0.1) is 33.5 Å². The van der Waals surface area contributed by atoms with Crippen LogP contribution in [-0.2, 0) is 7.05 Å². The minimum absolute atomic E-state index is 0.194. The maximum atomic E-state index is 13.6. The summed E-state index contributed by atoms with van der Waals surface area (Å²) in [6.07, 6.45) is 1.75. The molecule has 2 aromatic carbocycles. The molecule has 3 heterocycles. The summed E-state index contributed by atoms with van der Waals surface area (Å²) in [6.45, 7) is 3.88. The summed E-state index contributed by atoms with van der Waals surface area (Å²) in [5.41, 5.74) is 6.26. The van der Waals surface area contributed by atoms with Crippen LogP contribution in [0, 0.1) is 13.8 Å². The van der Waals surface area contributed by atoms with Crippen molar-refractivity contribution in [1.82, 2.24) is 19.7 Å². The lowest BCUT2D eigenvalue weighted by Gasteiger charge is -2.13. The molecule has 6 heteroatoms. The van der Waals surface area contributed by atoms with Crippen molar-refractivity contribution < 1.29 is 4.79 Å². The van der Waals surface area contributed by atoms with Crippen molar-refractivity contribution in [2.45, 2.75) is 13.8 Å². The third-order valence-electron chi connectivity index (χ3n) is 5.51. The van der Waals surface area contributed by atoms with Gasteiger partial charge in [-0.15, -0.1) is 0 Å². The maximum absolute atomic E-state index is 13.6. The van der Waals surface area contributed by atoms with E-state index >= 15 is 0 Å². The summed E-state index contributed by atoms with van der Waals surface area (Å²) in [5.74, 6) is -0.194. The van der Waals surface area contributed by atoms with E-state index in [2.05, 4.69) is 15.4 Å². The van der Waals surface area contributed by atoms with E-state index in [1.54, 1.807) is 10.9 Å². The highest BCUT2D eigenvalue weighted by atomic mass is 16.1. The number of hydrogen-bond donors (Lipinski definition) is 1. The number of carbonyl (C=O) groups excluding carboxylic acids is 1. The highest BCUT2D eigenvalue weighted by Gasteiger charge is 2.20. The first kappa shape index (κ1) is 18.9. The van der Waals surface area contributed by atoms with Gasteiger partial charge in [-0.2, -0.15) is 5.10 Å². The highest BCUT2D eigenvalue weighted by Crippen LogP contribution is 2.30. The molecule has 0 atom stereocenters. The van der Waals surface area contributed by atoms with E-state index in [4.69, 9.17) is 4.98 Å². The van der Waals surface area contributed by atoms with Crippen LogP contribution in [0.2, 0.25) is 0 Å². The van der Waals surface area contributed by atoms with Gasteiger partial charge in [0.15, 0.2) is 5.65 Å². The van der Waals surface area contributed by atoms with E-state index < -0.39 is 0 Å². The smallest absolute Gasteiger partial charge is 0.256 e. The van der Waals surface area contributed by atoms with Gasteiger partial charge in [-0.05, 0) is 43.7 Å². The Morgan fingerprint density at radius 3 is 2.61 bits per heavy atom. The van der Waals surface area contributed by atoms with E-state index in [0.29, 0.717) is 11.2 Å². The summed E-state index contributed by atoms with van der Waals surface area (Å²) in [4.78, 5) is 22.8. The summed E-state index contributed by atoms with van der Waals surface area (Å²) < 4.78 is 1.72. The Morgan fingerprint density at radius 1 is 1.00 bits per heavy atom. The first-order valence-corrected chi connectivity index (χ1v) is 10.1. The fourth-order valence-corrected chi connectivity index (χ4v) is 3.99. The maximum Gasteiger partial charge on any atom is 0.256 e. The number of hydrogen-bond acceptors (Lipinski definition) is 4. The standard InChI is InChI=1S/C25H21N5O/c1-15-11-12-20-18(10-7-13-26-20)23(15)28-25(31)19-14-21(17-8-5-4-6-9-17)27-24-22(19)16(2)29-30(24)3/h4-14H,1-3H3,(H,28,31). The van der Waals surface area contributed by atoms with Crippen LogP contribution < -0.4 is 5.32 Å². The number of pyridine rings is 2. The Kier molecular flexibility index (Phi) is 4.47. The molecule has 152 valence electrons. The Bertz CT molecular complexity index is 1450. The predicted molar refractivity (Wildman–Crippen MR) is 123 cm³/mol. The lowest BCUT2D eigenvalue weighted by molar-refractivity contribution is 0.102. The first-order valence-electron chi connectivity index (χ1n) is 10.1. The van der Waals surface area contributed by atoms with Gasteiger partial charge in [0.2, 0.25) is 0 Å². The van der Waals surface area contributed by atoms with Crippen LogP contribution in [0.15, 0.2) is 66.9 Å². The number of rotatable bonds is 3. The number of carbonyl (C=O) groups is 1. The van der Waals surface area contributed by atoms with Gasteiger partial charge < -0.3 is 5.32 Å². The molecule has 0 aliphatic heterocycles. The minimum atomic E-state index is -0.194. The van der Waals surface area contributed by atoms with E-state index in [0.717, 1.165) is 44.5 Å². The normalized spacial score (nSPS) is 11.2. The molecule has 0 fully saturated rings. The molecule has 6 nitrogen and oxygen atoms in total. The molecule has 0 aliphatic carbocycles. The zero-order valence-corrected chi connectivity index (χ0v) is 17.5. The Labute approximate surface area is 179 Å². The number of nitrogens with zero attached hydrogens (tertiary/aromatic N) is 4. The summed E-state index contributed by atoms with van der Waals surface area (Å²) >= 11 is 0. The molecule has 0 saturated carbocycles. The van der Waals surface area contributed by atoms with Gasteiger partial charge in [-0.25, -0.2) is 4.98 Å². The number of amides is 1. The number of aryl methyl sites for hydroxylation is 3. The van der Waals surface area contributed by atoms with Crippen molar-refractivity contribution in [3.05, 3.63) is 83.7 Å². The van der Waals surface area contributed by atoms with Crippen molar-refractivity contribution in [1.29, 1.82) is 0 Å². The average Bonchev–Trinajstić information content (AvgIpc) is 3.09. The van der Waals surface area contributed by atoms with Crippen LogP contribution in [-0.4, -0.2) is 25.7 Å². The SMILES string of the molecule is Cc1ccc2ncccc2c1NC(=O)c1cc(-c2ccccc2)nc2c1c(C)nn2C. The second-order valence-corrected chi connectivity index (χ2v) is 7.61. The number of benzene rings is 2. The predicted octanol–water partition coefficient (Wildman–Crippen LogP) is 5.05. The van der Waals surface area contributed by atoms with Crippen molar-refractivity contribution in [2.75, 3.05) is 5.32 Å². The molecule has 0 bridgehead atoms. The molecule has 3 aromatic heterocycles. The molecular weight excluding hydrogens is 386 g/mol. The molecule has 0 unspecified atom stereocenters. The second kappa shape index (κ2) is 7.32. The van der Waals surface area contributed by atoms with Crippen LogP contribution in [0.4, 0.5) is 5.69 Å². The van der Waals surface area contributed by atoms with E-state index in [9.17, 15) is 4.79 Å². The molecule has 31 heavy (non-hydrogen) atoms. The minimum Gasteiger partial charge on any atom is -0.321 e. The van der Waals surface area contributed by atoms with Crippen molar-refractivity contribution in [2.24, 2.45) is 7.05 Å². The second-order valence-electron chi connectivity index (χ2n) is 7.61. The van der Waals surface area contributed by atoms with E-state index in [1.807, 2.05) is 81.6 Å². The topological polar surface area (TPSA) is 72.7 Å². The molecule has 0 saturated heterocycles. The van der Waals surface area contributed by atoms with Crippen molar-refractivity contribution in [3.8, 4) is 11.3 Å². The lowest BCUT2D eigenvalue weighted by atomic mass is 10.0. The Balaban J connectivity index is 1.68. The molecule has 0 aliphatic rings. The zero-order valence-electron chi connectivity index (χ0n) is 17.5. The molecule has 1 N–H and O–H groups in total. The number of fused-ring (bicyclic) bond motifs is 2. The highest BCUT2D eigenvalue weighted by molar-refractivity contribution is 6.15. The lowest BCUT2D eigenvalue weighted by Crippen LogP contribution is -2.14. The van der Waals surface area contributed by atoms with Gasteiger partial charge in [-0.3, -0.25) is 14.5 Å². The summed E-state index contributed by atoms with van der Waals surface area (Å²) in [6, 6.07) is 19.5. The quantitative estimate of drug-likeness (QED) is 0.454. The van der Waals surface area contributed by atoms with Gasteiger partial charge in [-0.1, -0.05) is 36.4 Å². The molecule has 1 amide bonds. The van der Waals surface area contributed by atoms with E-state index in [-0.39, 0.29) is 5.91 Å². The van der Waals surface area contributed by atoms with Gasteiger partial charge in [0.1, 0.15) is 0 Å². The fraction of sp³-hybridized carbons (Fsp3) is 0.120. The average molecular weight is 407 g/mol. The summed E-state index contributed by atoms with van der Waals surface area (Å²) in [5, 5.41) is 9.31. The summed E-state index contributed by atoms with van der Waals surface area (Å²) in [7, 11) is 1.85. The third-order valence-corrected chi connectivity index (χ3v) is 5.51. The first-order chi connectivity index (χ1) is 15.0. The van der Waals surface area contributed by atoms with Crippen LogP contribution in [0.3, 0.4) is 0 Å². The molecule has 5 aromatic rings. The van der Waals surface area contributed by atoms with Gasteiger partial charge in [0.25, 0.3) is 5.91 Å². The molecule has 5 rings (SSSR count). The molecule has 0 radical (unpaired) electrons. The number of anilines is 1. The van der Waals surface area contributed by atoms with Crippen molar-refractivity contribution >= 4 is 33.5 Å². The Hall–Kier alpha value is -4.06.